The zero-order valence-corrected chi connectivity index (χ0v) is 9.84. The van der Waals surface area contributed by atoms with Gasteiger partial charge in [0.05, 0.1) is 5.69 Å². The third-order valence-corrected chi connectivity index (χ3v) is 3.01. The lowest BCUT2D eigenvalue weighted by atomic mass is 10.1. The summed E-state index contributed by atoms with van der Waals surface area (Å²) < 4.78 is 5.36. The van der Waals surface area contributed by atoms with E-state index in [9.17, 15) is 0 Å². The molecule has 1 saturated carbocycles. The summed E-state index contributed by atoms with van der Waals surface area (Å²) in [5, 5.41) is 7.45. The molecule has 1 fully saturated rings. The zero-order valence-electron chi connectivity index (χ0n) is 9.84. The Balaban J connectivity index is 1.85. The van der Waals surface area contributed by atoms with Crippen molar-refractivity contribution in [2.24, 2.45) is 5.92 Å². The summed E-state index contributed by atoms with van der Waals surface area (Å²) >= 11 is 0. The van der Waals surface area contributed by atoms with E-state index in [2.05, 4.69) is 37.3 Å². The molecule has 1 aliphatic carbocycles. The fourth-order valence-electron chi connectivity index (χ4n) is 1.60. The van der Waals surface area contributed by atoms with E-state index in [0.717, 1.165) is 24.5 Å². The van der Waals surface area contributed by atoms with Crippen LogP contribution in [0.25, 0.3) is 0 Å². The lowest BCUT2D eigenvalue weighted by molar-refractivity contribution is 0.353. The van der Waals surface area contributed by atoms with Crippen molar-refractivity contribution in [3.05, 3.63) is 17.5 Å². The lowest BCUT2D eigenvalue weighted by Gasteiger charge is -2.04. The average molecular weight is 208 g/mol. The molecule has 3 heteroatoms. The van der Waals surface area contributed by atoms with Gasteiger partial charge >= 0.3 is 0 Å². The van der Waals surface area contributed by atoms with Crippen molar-refractivity contribution >= 4 is 0 Å². The molecule has 0 bridgehead atoms. The Bertz CT molecular complexity index is 326. The normalized spacial score (nSPS) is 18.4. The molecule has 0 saturated heterocycles. The van der Waals surface area contributed by atoms with Crippen molar-refractivity contribution < 1.29 is 4.52 Å². The Labute approximate surface area is 91.2 Å². The summed E-state index contributed by atoms with van der Waals surface area (Å²) in [5.41, 5.74) is 1.32. The molecule has 1 N–H and O–H groups in total. The van der Waals surface area contributed by atoms with Gasteiger partial charge in [-0.05, 0) is 25.3 Å². The molecule has 15 heavy (non-hydrogen) atoms. The van der Waals surface area contributed by atoms with Crippen LogP contribution in [0.3, 0.4) is 0 Å². The number of nitrogens with zero attached hydrogens (tertiary/aromatic N) is 1. The van der Waals surface area contributed by atoms with Gasteiger partial charge in [0, 0.05) is 18.0 Å². The highest BCUT2D eigenvalue weighted by Crippen LogP contribution is 2.47. The minimum Gasteiger partial charge on any atom is -0.361 e. The van der Waals surface area contributed by atoms with Gasteiger partial charge in [-0.2, -0.15) is 0 Å². The molecule has 0 radical (unpaired) electrons. The smallest absolute Gasteiger partial charge is 0.142 e. The standard InChI is InChI=1S/C12H20N2O/c1-9(2)7-13-8-10-6-11(15-14-10)12(3)4-5-12/h6,9,13H,4-5,7-8H2,1-3H3. The highest BCUT2D eigenvalue weighted by Gasteiger charge is 2.42. The van der Waals surface area contributed by atoms with Gasteiger partial charge in [-0.25, -0.2) is 0 Å². The van der Waals surface area contributed by atoms with Gasteiger partial charge in [0.15, 0.2) is 0 Å². The summed E-state index contributed by atoms with van der Waals surface area (Å²) in [6, 6.07) is 2.10. The molecule has 2 rings (SSSR count). The molecular formula is C12H20N2O. The summed E-state index contributed by atoms with van der Waals surface area (Å²) in [6.45, 7) is 8.48. The van der Waals surface area contributed by atoms with Crippen molar-refractivity contribution in [2.45, 2.75) is 45.6 Å². The molecule has 0 spiro atoms. The topological polar surface area (TPSA) is 38.1 Å². The van der Waals surface area contributed by atoms with Gasteiger partial charge in [-0.1, -0.05) is 25.9 Å². The maximum atomic E-state index is 5.36. The van der Waals surface area contributed by atoms with Crippen LogP contribution in [0, 0.1) is 5.92 Å². The Kier molecular flexibility index (Phi) is 2.83. The summed E-state index contributed by atoms with van der Waals surface area (Å²) in [6.07, 6.45) is 2.47. The van der Waals surface area contributed by atoms with E-state index in [4.69, 9.17) is 4.52 Å². The minimum absolute atomic E-state index is 0.295. The molecule has 1 aromatic heterocycles. The van der Waals surface area contributed by atoms with Crippen molar-refractivity contribution in [3.63, 3.8) is 0 Å². The number of aromatic nitrogens is 1. The maximum absolute atomic E-state index is 5.36. The second-order valence-electron chi connectivity index (χ2n) is 5.27. The first-order chi connectivity index (χ1) is 7.10. The van der Waals surface area contributed by atoms with Crippen LogP contribution in [0.15, 0.2) is 10.6 Å². The highest BCUT2D eigenvalue weighted by atomic mass is 16.5. The van der Waals surface area contributed by atoms with E-state index >= 15 is 0 Å². The third-order valence-electron chi connectivity index (χ3n) is 3.01. The van der Waals surface area contributed by atoms with E-state index < -0.39 is 0 Å². The first-order valence-electron chi connectivity index (χ1n) is 5.77. The summed E-state index contributed by atoms with van der Waals surface area (Å²) in [7, 11) is 0. The molecule has 0 unspecified atom stereocenters. The van der Waals surface area contributed by atoms with E-state index in [1.807, 2.05) is 0 Å². The fourth-order valence-corrected chi connectivity index (χ4v) is 1.60. The van der Waals surface area contributed by atoms with Gasteiger partial charge in [-0.3, -0.25) is 0 Å². The van der Waals surface area contributed by atoms with Crippen molar-refractivity contribution in [1.29, 1.82) is 0 Å². The maximum Gasteiger partial charge on any atom is 0.142 e. The second kappa shape index (κ2) is 3.97. The van der Waals surface area contributed by atoms with Crippen LogP contribution in [0.1, 0.15) is 45.1 Å². The molecule has 0 atom stereocenters. The monoisotopic (exact) mass is 208 g/mol. The Morgan fingerprint density at radius 3 is 2.87 bits per heavy atom. The zero-order chi connectivity index (χ0) is 10.9. The van der Waals surface area contributed by atoms with E-state index in [1.54, 1.807) is 0 Å². The van der Waals surface area contributed by atoms with Gasteiger partial charge in [-0.15, -0.1) is 0 Å². The molecule has 84 valence electrons. The van der Waals surface area contributed by atoms with Crippen LogP contribution < -0.4 is 5.32 Å². The van der Waals surface area contributed by atoms with E-state index in [-0.39, 0.29) is 0 Å². The van der Waals surface area contributed by atoms with Crippen LogP contribution in [-0.4, -0.2) is 11.7 Å². The Hall–Kier alpha value is -0.830. The van der Waals surface area contributed by atoms with Gasteiger partial charge in [0.1, 0.15) is 5.76 Å². The Morgan fingerprint density at radius 1 is 1.53 bits per heavy atom. The van der Waals surface area contributed by atoms with Crippen LogP contribution in [-0.2, 0) is 12.0 Å². The number of nitrogens with one attached hydrogen (secondary N) is 1. The Morgan fingerprint density at radius 2 is 2.27 bits per heavy atom. The number of hydrogen-bond donors (Lipinski definition) is 1. The van der Waals surface area contributed by atoms with Crippen LogP contribution >= 0.6 is 0 Å². The molecule has 3 nitrogen and oxygen atoms in total. The molecule has 0 aromatic carbocycles. The van der Waals surface area contributed by atoms with Crippen molar-refractivity contribution in [2.75, 3.05) is 6.54 Å². The SMILES string of the molecule is CC(C)CNCc1cc(C2(C)CC2)on1. The fraction of sp³-hybridized carbons (Fsp3) is 0.750. The largest absolute Gasteiger partial charge is 0.361 e. The molecular weight excluding hydrogens is 188 g/mol. The molecule has 0 amide bonds. The van der Waals surface area contributed by atoms with E-state index in [1.165, 1.54) is 12.8 Å². The highest BCUT2D eigenvalue weighted by molar-refractivity contribution is 5.21. The molecule has 0 aliphatic heterocycles. The van der Waals surface area contributed by atoms with Crippen LogP contribution in [0.2, 0.25) is 0 Å². The van der Waals surface area contributed by atoms with Crippen molar-refractivity contribution in [3.8, 4) is 0 Å². The van der Waals surface area contributed by atoms with Crippen LogP contribution in [0.4, 0.5) is 0 Å². The predicted octanol–water partition coefficient (Wildman–Crippen LogP) is 2.47. The van der Waals surface area contributed by atoms with Gasteiger partial charge in [0.25, 0.3) is 0 Å². The van der Waals surface area contributed by atoms with Crippen LogP contribution in [0.5, 0.6) is 0 Å². The van der Waals surface area contributed by atoms with Gasteiger partial charge < -0.3 is 9.84 Å². The summed E-state index contributed by atoms with van der Waals surface area (Å²) in [5.74, 6) is 1.74. The minimum atomic E-state index is 0.295. The predicted molar refractivity (Wildman–Crippen MR) is 59.6 cm³/mol. The van der Waals surface area contributed by atoms with E-state index in [0.29, 0.717) is 11.3 Å². The molecule has 1 heterocycles. The average Bonchev–Trinajstić information content (AvgIpc) is 2.76. The summed E-state index contributed by atoms with van der Waals surface area (Å²) in [4.78, 5) is 0. The molecule has 1 aromatic rings. The third kappa shape index (κ3) is 2.59. The van der Waals surface area contributed by atoms with Gasteiger partial charge in [0.2, 0.25) is 0 Å². The van der Waals surface area contributed by atoms with Crippen molar-refractivity contribution in [1.82, 2.24) is 10.5 Å². The quantitative estimate of drug-likeness (QED) is 0.807. The number of rotatable bonds is 5. The lowest BCUT2D eigenvalue weighted by Crippen LogP contribution is -2.19. The first-order valence-corrected chi connectivity index (χ1v) is 5.77. The molecule has 1 aliphatic rings. The first kappa shape index (κ1) is 10.7. The number of hydrogen-bond acceptors (Lipinski definition) is 3. The second-order valence-corrected chi connectivity index (χ2v) is 5.27.